The summed E-state index contributed by atoms with van der Waals surface area (Å²) < 4.78 is 76.5. The van der Waals surface area contributed by atoms with Gasteiger partial charge in [0.1, 0.15) is 159 Å². The van der Waals surface area contributed by atoms with E-state index in [1.807, 2.05) is 0 Å². The van der Waals surface area contributed by atoms with Crippen LogP contribution in [0, 0.1) is 0 Å². The zero-order valence-corrected chi connectivity index (χ0v) is 43.5. The van der Waals surface area contributed by atoms with Gasteiger partial charge in [-0.1, -0.05) is 0 Å². The number of hydrogen-bond acceptors (Lipinski definition) is 34. The molecule has 0 spiro atoms. The van der Waals surface area contributed by atoms with E-state index in [9.17, 15) is 107 Å². The first-order valence-corrected chi connectivity index (χ1v) is 25.9. The van der Waals surface area contributed by atoms with E-state index in [0.29, 0.717) is 0 Å². The smallest absolute Gasteiger partial charge is 0.217 e. The number of carbonyl (C=O) groups is 2. The molecular weight excluding hydrogens is 1110 g/mol. The van der Waals surface area contributed by atoms with E-state index >= 15 is 0 Å². The fourth-order valence-electron chi connectivity index (χ4n) is 10.4. The van der Waals surface area contributed by atoms with Crippen molar-refractivity contribution in [2.24, 2.45) is 0 Å². The van der Waals surface area contributed by atoms with Gasteiger partial charge in [-0.05, 0) is 6.92 Å². The second kappa shape index (κ2) is 28.4. The molecule has 21 N–H and O–H groups in total. The van der Waals surface area contributed by atoms with Gasteiger partial charge in [-0.2, -0.15) is 0 Å². The van der Waals surface area contributed by atoms with E-state index in [-0.39, 0.29) is 0 Å². The molecule has 2 amide bonds. The molecule has 0 aromatic rings. The van der Waals surface area contributed by atoms with Crippen molar-refractivity contribution in [1.82, 2.24) is 10.6 Å². The summed E-state index contributed by atoms with van der Waals surface area (Å²) in [6.07, 6.45) is -61.5. The SMILES string of the molecule is CC(=O)N[C@@H]1[C@@H](O[C@@H]2O[C@@H](C)[C@@H](O)[C@@H](O)[C@@H]2O)[C@H](O[C@@H]2O[C@H](CO)[C@@H](O[C@@H]3O[C@H](CO[C@H]4O[C@H](CO)[C@@H](O)[C@H](O)[C@@H]4O)[C@@H](O)[C@H](O[C@H]4O[C@H](CO)[C@@H](O)[C@H](O)[C@@H]4O)[C@@H]3O[C@@H]3O[C@H](CO)[C@H](O)[C@H]3O)[C@H](O)[C@H]2NC(C)=O)[C@@H](CO)O[C@H]1O. The van der Waals surface area contributed by atoms with Crippen molar-refractivity contribution in [1.29, 1.82) is 0 Å². The minimum absolute atomic E-state index is 0.797. The predicted molar refractivity (Wildman–Crippen MR) is 248 cm³/mol. The maximum Gasteiger partial charge on any atom is 0.217 e. The van der Waals surface area contributed by atoms with Crippen molar-refractivity contribution < 1.29 is 168 Å². The van der Waals surface area contributed by atoms with Gasteiger partial charge in [0.05, 0.1) is 45.7 Å². The van der Waals surface area contributed by atoms with E-state index in [1.54, 1.807) is 0 Å². The van der Waals surface area contributed by atoms with Gasteiger partial charge in [0.25, 0.3) is 0 Å². The van der Waals surface area contributed by atoms with Crippen molar-refractivity contribution in [3.63, 3.8) is 0 Å². The number of aliphatic hydroxyl groups is 19. The van der Waals surface area contributed by atoms with Crippen LogP contribution in [0.15, 0.2) is 0 Å². The van der Waals surface area contributed by atoms with Crippen molar-refractivity contribution in [2.75, 3.05) is 39.6 Å². The largest absolute Gasteiger partial charge is 0.394 e. The van der Waals surface area contributed by atoms with E-state index < -0.39 is 260 Å². The predicted octanol–water partition coefficient (Wildman–Crippen LogP) is -14.3. The van der Waals surface area contributed by atoms with Crippen molar-refractivity contribution >= 4 is 11.8 Å². The normalized spacial score (nSPS) is 50.7. The van der Waals surface area contributed by atoms with Crippen LogP contribution in [0.1, 0.15) is 20.8 Å². The Kier molecular flexibility index (Phi) is 23.2. The first kappa shape index (κ1) is 66.2. The molecule has 7 aliphatic rings. The quantitative estimate of drug-likeness (QED) is 0.0538. The van der Waals surface area contributed by atoms with Gasteiger partial charge < -0.3 is 169 Å². The molecule has 0 aromatic carbocycles. The van der Waals surface area contributed by atoms with Crippen LogP contribution in [0.3, 0.4) is 0 Å². The number of aliphatic hydroxyl groups excluding tert-OH is 19. The number of carbonyl (C=O) groups excluding carboxylic acids is 2. The molecule has 36 nitrogen and oxygen atoms in total. The lowest BCUT2D eigenvalue weighted by Crippen LogP contribution is -2.71. The maximum atomic E-state index is 13.0. The van der Waals surface area contributed by atoms with Gasteiger partial charge in [0.2, 0.25) is 11.8 Å². The molecule has 81 heavy (non-hydrogen) atoms. The van der Waals surface area contributed by atoms with E-state index in [0.717, 1.165) is 13.8 Å². The molecule has 470 valence electrons. The molecule has 0 aliphatic carbocycles. The number of hydrogen-bond donors (Lipinski definition) is 21. The molecule has 0 unspecified atom stereocenters. The molecule has 36 heteroatoms. The summed E-state index contributed by atoms with van der Waals surface area (Å²) in [5, 5.41) is 210. The van der Waals surface area contributed by atoms with Gasteiger partial charge in [-0.25, -0.2) is 0 Å². The van der Waals surface area contributed by atoms with E-state index in [1.165, 1.54) is 6.92 Å². The minimum Gasteiger partial charge on any atom is -0.394 e. The first-order valence-electron chi connectivity index (χ1n) is 25.9. The van der Waals surface area contributed by atoms with Crippen LogP contribution in [0.2, 0.25) is 0 Å². The zero-order valence-electron chi connectivity index (χ0n) is 43.5. The Morgan fingerprint density at radius 1 is 0.346 bits per heavy atom. The minimum atomic E-state index is -2.26. The van der Waals surface area contributed by atoms with Gasteiger partial charge in [-0.15, -0.1) is 0 Å². The molecular formula is C45H76N2O34. The van der Waals surface area contributed by atoms with Crippen molar-refractivity contribution in [2.45, 2.75) is 229 Å². The molecule has 7 aliphatic heterocycles. The summed E-state index contributed by atoms with van der Waals surface area (Å²) in [6, 6.07) is -3.57. The Morgan fingerprint density at radius 2 is 0.728 bits per heavy atom. The second-order valence-electron chi connectivity index (χ2n) is 20.6. The van der Waals surface area contributed by atoms with Gasteiger partial charge in [-0.3, -0.25) is 9.59 Å². The van der Waals surface area contributed by atoms with Crippen LogP contribution in [0.5, 0.6) is 0 Å². The van der Waals surface area contributed by atoms with Gasteiger partial charge in [0, 0.05) is 13.8 Å². The highest BCUT2D eigenvalue weighted by molar-refractivity contribution is 5.73. The molecule has 7 rings (SSSR count). The Morgan fingerprint density at radius 3 is 1.26 bits per heavy atom. The maximum absolute atomic E-state index is 13.0. The molecule has 0 bridgehead atoms. The Bertz CT molecular complexity index is 1990. The van der Waals surface area contributed by atoms with Crippen LogP contribution in [-0.4, -0.2) is 357 Å². The van der Waals surface area contributed by atoms with Crippen LogP contribution < -0.4 is 10.6 Å². The number of rotatable bonds is 20. The Hall–Kier alpha value is -2.34. The van der Waals surface area contributed by atoms with Crippen LogP contribution in [0.4, 0.5) is 0 Å². The standard InChI is InChI=1S/C45H76N2O34/c1-10-21(55)27(61)32(66)42(70-10)79-36-20(47-12(3)54)39(68)71-17(8-52)35(36)78-40-19(46-11(2)53)26(60)34(16(7-51)75-40)77-45-38(81-43-30(64)24(58)15(6-50)74-43)37(80-44-33(67)29(63)23(57)14(5-49)73-44)25(59)18(76-45)9-69-41-31(65)28(62)22(56)13(4-48)72-41/h10,13-45,48-52,55-68H,4-9H2,1-3H3,(H,46,53)(H,47,54)/t10-,13+,14+,15+,16+,17+,18+,19+,20+,21+,22+,23+,24-,25+,26+,27+,28-,29-,30+,31-,32-,33-,34+,35+,36+,37-,38-,39+,40-,41-,42-,43-,44+,45-/m0/s1. The molecule has 7 fully saturated rings. The monoisotopic (exact) mass is 1190 g/mol. The summed E-state index contributed by atoms with van der Waals surface area (Å²) in [6.45, 7) is -2.59. The molecule has 0 radical (unpaired) electrons. The lowest BCUT2D eigenvalue weighted by atomic mass is 9.93. The zero-order chi connectivity index (χ0) is 59.6. The highest BCUT2D eigenvalue weighted by Gasteiger charge is 2.59. The highest BCUT2D eigenvalue weighted by atomic mass is 16.8. The fraction of sp³-hybridized carbons (Fsp3) is 0.956. The van der Waals surface area contributed by atoms with Crippen LogP contribution in [0.25, 0.3) is 0 Å². The topological polar surface area (TPSA) is 563 Å². The molecule has 0 aromatic heterocycles. The van der Waals surface area contributed by atoms with Crippen LogP contribution in [-0.2, 0) is 71.2 Å². The molecule has 7 heterocycles. The lowest BCUT2D eigenvalue weighted by Gasteiger charge is -2.51. The third-order valence-corrected chi connectivity index (χ3v) is 14.9. The van der Waals surface area contributed by atoms with Gasteiger partial charge in [0.15, 0.2) is 44.0 Å². The summed E-state index contributed by atoms with van der Waals surface area (Å²) >= 11 is 0. The summed E-state index contributed by atoms with van der Waals surface area (Å²) in [5.74, 6) is -1.70. The van der Waals surface area contributed by atoms with Crippen LogP contribution >= 0.6 is 0 Å². The highest BCUT2D eigenvalue weighted by Crippen LogP contribution is 2.39. The van der Waals surface area contributed by atoms with E-state index in [2.05, 4.69) is 10.6 Å². The Labute approximate surface area is 459 Å². The average Bonchev–Trinajstić information content (AvgIpc) is 3.81. The fourth-order valence-corrected chi connectivity index (χ4v) is 10.4. The first-order chi connectivity index (χ1) is 38.3. The third-order valence-electron chi connectivity index (χ3n) is 14.9. The summed E-state index contributed by atoms with van der Waals surface area (Å²) in [5.41, 5.74) is 0. The molecule has 0 saturated carbocycles. The number of nitrogens with one attached hydrogen (secondary N) is 2. The number of ether oxygens (including phenoxy) is 13. The van der Waals surface area contributed by atoms with Crippen molar-refractivity contribution in [3.05, 3.63) is 0 Å². The number of amides is 2. The lowest BCUT2D eigenvalue weighted by molar-refractivity contribution is -0.399. The molecule has 34 atom stereocenters. The Balaban J connectivity index is 1.25. The van der Waals surface area contributed by atoms with E-state index in [4.69, 9.17) is 61.6 Å². The molecule has 7 saturated heterocycles. The second-order valence-corrected chi connectivity index (χ2v) is 20.6. The summed E-state index contributed by atoms with van der Waals surface area (Å²) in [4.78, 5) is 25.5. The summed E-state index contributed by atoms with van der Waals surface area (Å²) in [7, 11) is 0. The average molecular weight is 1190 g/mol. The van der Waals surface area contributed by atoms with Gasteiger partial charge >= 0.3 is 0 Å². The van der Waals surface area contributed by atoms with Crippen molar-refractivity contribution in [3.8, 4) is 0 Å². The third kappa shape index (κ3) is 14.2.